The highest BCUT2D eigenvalue weighted by Gasteiger charge is 2.11. The quantitative estimate of drug-likeness (QED) is 0.873. The standard InChI is InChI=1S/C14H22N2O/c1-2-13(17)12-7-8-14(15-11-12)16-9-5-3-4-6-10-16/h7-8,11,13,17H,2-6,9-10H2,1H3. The molecule has 3 heteroatoms. The number of nitrogens with zero attached hydrogens (tertiary/aromatic N) is 2. The molecule has 0 amide bonds. The monoisotopic (exact) mass is 234 g/mol. The molecule has 1 aromatic heterocycles. The van der Waals surface area contributed by atoms with Gasteiger partial charge in [-0.3, -0.25) is 0 Å². The summed E-state index contributed by atoms with van der Waals surface area (Å²) in [6.45, 7) is 4.21. The Hall–Kier alpha value is -1.09. The van der Waals surface area contributed by atoms with Crippen LogP contribution < -0.4 is 4.90 Å². The number of rotatable bonds is 3. The summed E-state index contributed by atoms with van der Waals surface area (Å²) in [4.78, 5) is 6.84. The van der Waals surface area contributed by atoms with E-state index in [9.17, 15) is 5.11 Å². The minimum Gasteiger partial charge on any atom is -0.388 e. The van der Waals surface area contributed by atoms with Gasteiger partial charge in [0, 0.05) is 19.3 Å². The van der Waals surface area contributed by atoms with Crippen LogP contribution in [0.2, 0.25) is 0 Å². The van der Waals surface area contributed by atoms with Gasteiger partial charge in [0.1, 0.15) is 5.82 Å². The average molecular weight is 234 g/mol. The molecule has 2 heterocycles. The molecule has 0 spiro atoms. The van der Waals surface area contributed by atoms with Crippen LogP contribution in [0.4, 0.5) is 5.82 Å². The second kappa shape index (κ2) is 6.01. The number of aliphatic hydroxyl groups excluding tert-OH is 1. The molecule has 2 rings (SSSR count). The molecule has 94 valence electrons. The predicted molar refractivity (Wildman–Crippen MR) is 70.2 cm³/mol. The topological polar surface area (TPSA) is 36.4 Å². The van der Waals surface area contributed by atoms with E-state index in [1.807, 2.05) is 25.3 Å². The third-order valence-electron chi connectivity index (χ3n) is 3.47. The summed E-state index contributed by atoms with van der Waals surface area (Å²) < 4.78 is 0. The lowest BCUT2D eigenvalue weighted by molar-refractivity contribution is 0.173. The lowest BCUT2D eigenvalue weighted by Crippen LogP contribution is -2.24. The lowest BCUT2D eigenvalue weighted by atomic mass is 10.1. The van der Waals surface area contributed by atoms with Crippen LogP contribution in [0.25, 0.3) is 0 Å². The summed E-state index contributed by atoms with van der Waals surface area (Å²) in [7, 11) is 0. The van der Waals surface area contributed by atoms with Crippen LogP contribution in [0.5, 0.6) is 0 Å². The Morgan fingerprint density at radius 2 is 1.94 bits per heavy atom. The molecule has 17 heavy (non-hydrogen) atoms. The lowest BCUT2D eigenvalue weighted by Gasteiger charge is -2.21. The summed E-state index contributed by atoms with van der Waals surface area (Å²) >= 11 is 0. The number of hydrogen-bond donors (Lipinski definition) is 1. The van der Waals surface area contributed by atoms with Gasteiger partial charge < -0.3 is 10.0 Å². The predicted octanol–water partition coefficient (Wildman–Crippen LogP) is 2.91. The number of pyridine rings is 1. The van der Waals surface area contributed by atoms with Gasteiger partial charge in [-0.1, -0.05) is 25.8 Å². The van der Waals surface area contributed by atoms with E-state index in [0.717, 1.165) is 30.9 Å². The molecule has 1 saturated heterocycles. The van der Waals surface area contributed by atoms with Crippen LogP contribution in [-0.2, 0) is 0 Å². The van der Waals surface area contributed by atoms with Crippen molar-refractivity contribution in [2.75, 3.05) is 18.0 Å². The molecule has 1 N–H and O–H groups in total. The maximum absolute atomic E-state index is 9.72. The Kier molecular flexibility index (Phi) is 4.37. The number of hydrogen-bond acceptors (Lipinski definition) is 3. The summed E-state index contributed by atoms with van der Waals surface area (Å²) in [6, 6.07) is 4.04. The molecular weight excluding hydrogens is 212 g/mol. The van der Waals surface area contributed by atoms with E-state index < -0.39 is 0 Å². The van der Waals surface area contributed by atoms with Crippen molar-refractivity contribution in [3.63, 3.8) is 0 Å². The minimum absolute atomic E-state index is 0.374. The third-order valence-corrected chi connectivity index (χ3v) is 3.47. The summed E-state index contributed by atoms with van der Waals surface area (Å²) in [5.41, 5.74) is 0.922. The van der Waals surface area contributed by atoms with E-state index in [0.29, 0.717) is 0 Å². The van der Waals surface area contributed by atoms with Crippen LogP contribution in [0.3, 0.4) is 0 Å². The molecule has 3 nitrogen and oxygen atoms in total. The van der Waals surface area contributed by atoms with Crippen molar-refractivity contribution >= 4 is 5.82 Å². The first-order valence-corrected chi connectivity index (χ1v) is 6.70. The third kappa shape index (κ3) is 3.19. The normalized spacial score (nSPS) is 18.8. The zero-order valence-electron chi connectivity index (χ0n) is 10.6. The number of aliphatic hydroxyl groups is 1. The average Bonchev–Trinajstić information content (AvgIpc) is 2.67. The summed E-state index contributed by atoms with van der Waals surface area (Å²) in [5, 5.41) is 9.72. The SMILES string of the molecule is CCC(O)c1ccc(N2CCCCCC2)nc1. The second-order valence-electron chi connectivity index (χ2n) is 4.78. The Morgan fingerprint density at radius 3 is 2.47 bits per heavy atom. The zero-order valence-corrected chi connectivity index (χ0v) is 10.6. The Labute approximate surface area is 103 Å². The molecule has 0 bridgehead atoms. The van der Waals surface area contributed by atoms with Crippen molar-refractivity contribution in [1.82, 2.24) is 4.98 Å². The van der Waals surface area contributed by atoms with E-state index in [1.165, 1.54) is 25.7 Å². The van der Waals surface area contributed by atoms with E-state index >= 15 is 0 Å². The second-order valence-corrected chi connectivity index (χ2v) is 4.78. The highest BCUT2D eigenvalue weighted by Crippen LogP contribution is 2.20. The van der Waals surface area contributed by atoms with E-state index in [1.54, 1.807) is 0 Å². The van der Waals surface area contributed by atoms with Crippen molar-refractivity contribution in [2.24, 2.45) is 0 Å². The maximum Gasteiger partial charge on any atom is 0.128 e. The first-order valence-electron chi connectivity index (χ1n) is 6.70. The van der Waals surface area contributed by atoms with Crippen molar-refractivity contribution in [1.29, 1.82) is 0 Å². The molecule has 1 aromatic rings. The maximum atomic E-state index is 9.72. The molecule has 1 aliphatic rings. The smallest absolute Gasteiger partial charge is 0.128 e. The van der Waals surface area contributed by atoms with Crippen molar-refractivity contribution in [3.05, 3.63) is 23.9 Å². The van der Waals surface area contributed by atoms with Gasteiger partial charge in [-0.25, -0.2) is 4.98 Å². The largest absolute Gasteiger partial charge is 0.388 e. The van der Waals surface area contributed by atoms with Crippen molar-refractivity contribution < 1.29 is 5.11 Å². The molecule has 1 fully saturated rings. The van der Waals surface area contributed by atoms with Gasteiger partial charge in [0.2, 0.25) is 0 Å². The fourth-order valence-electron chi connectivity index (χ4n) is 2.32. The highest BCUT2D eigenvalue weighted by molar-refractivity contribution is 5.39. The van der Waals surface area contributed by atoms with Gasteiger partial charge in [0.25, 0.3) is 0 Å². The Balaban J connectivity index is 2.05. The Morgan fingerprint density at radius 1 is 1.24 bits per heavy atom. The summed E-state index contributed by atoms with van der Waals surface area (Å²) in [6.07, 6.45) is 7.38. The number of anilines is 1. The molecule has 1 atom stereocenters. The van der Waals surface area contributed by atoms with Gasteiger partial charge in [0.15, 0.2) is 0 Å². The van der Waals surface area contributed by atoms with Gasteiger partial charge in [-0.2, -0.15) is 0 Å². The van der Waals surface area contributed by atoms with Crippen LogP contribution in [0.1, 0.15) is 50.7 Å². The van der Waals surface area contributed by atoms with Crippen LogP contribution in [0, 0.1) is 0 Å². The van der Waals surface area contributed by atoms with E-state index in [2.05, 4.69) is 9.88 Å². The van der Waals surface area contributed by atoms with Gasteiger partial charge in [-0.05, 0) is 30.9 Å². The number of aromatic nitrogens is 1. The first kappa shape index (κ1) is 12.4. The highest BCUT2D eigenvalue weighted by atomic mass is 16.3. The van der Waals surface area contributed by atoms with E-state index in [4.69, 9.17) is 0 Å². The molecule has 1 unspecified atom stereocenters. The van der Waals surface area contributed by atoms with Crippen molar-refractivity contribution in [2.45, 2.75) is 45.1 Å². The minimum atomic E-state index is -0.374. The molecule has 0 aliphatic carbocycles. The fourth-order valence-corrected chi connectivity index (χ4v) is 2.32. The fraction of sp³-hybridized carbons (Fsp3) is 0.643. The van der Waals surface area contributed by atoms with Crippen LogP contribution >= 0.6 is 0 Å². The molecule has 1 aliphatic heterocycles. The zero-order chi connectivity index (χ0) is 12.1. The van der Waals surface area contributed by atoms with Crippen LogP contribution in [-0.4, -0.2) is 23.2 Å². The molecule has 0 saturated carbocycles. The van der Waals surface area contributed by atoms with Gasteiger partial charge in [0.05, 0.1) is 6.10 Å². The van der Waals surface area contributed by atoms with Gasteiger partial charge >= 0.3 is 0 Å². The molecular formula is C14H22N2O. The van der Waals surface area contributed by atoms with E-state index in [-0.39, 0.29) is 6.10 Å². The van der Waals surface area contributed by atoms with Gasteiger partial charge in [-0.15, -0.1) is 0 Å². The molecule has 0 aromatic carbocycles. The summed E-state index contributed by atoms with van der Waals surface area (Å²) in [5.74, 6) is 1.05. The molecule has 0 radical (unpaired) electrons. The Bertz CT molecular complexity index is 329. The first-order chi connectivity index (χ1) is 8.31. The van der Waals surface area contributed by atoms with Crippen LogP contribution in [0.15, 0.2) is 18.3 Å². The van der Waals surface area contributed by atoms with Crippen molar-refractivity contribution in [3.8, 4) is 0 Å².